The zero-order valence-electron chi connectivity index (χ0n) is 6.27. The number of aliphatic hydroxyl groups is 1. The summed E-state index contributed by atoms with van der Waals surface area (Å²) in [5.74, 6) is 0.397. The van der Waals surface area contributed by atoms with E-state index in [4.69, 9.17) is 10.5 Å². The van der Waals surface area contributed by atoms with E-state index in [-0.39, 0.29) is 24.6 Å². The number of halogens is 1. The van der Waals surface area contributed by atoms with Crippen molar-refractivity contribution in [1.82, 2.24) is 0 Å². The Morgan fingerprint density at radius 2 is 2.18 bits per heavy atom. The van der Waals surface area contributed by atoms with Crippen LogP contribution in [0.4, 0.5) is 0 Å². The van der Waals surface area contributed by atoms with Gasteiger partial charge in [-0.25, -0.2) is 0 Å². The molecule has 3 nitrogen and oxygen atoms in total. The largest absolute Gasteiger partial charge is 0.393 e. The van der Waals surface area contributed by atoms with E-state index in [1.807, 2.05) is 0 Å². The molecule has 1 heterocycles. The predicted molar refractivity (Wildman–Crippen MR) is 43.7 cm³/mol. The number of hydrogen-bond acceptors (Lipinski definition) is 3. The molecular weight excluding hydrogens is 166 g/mol. The van der Waals surface area contributed by atoms with Crippen LogP contribution in [0.1, 0.15) is 12.8 Å². The van der Waals surface area contributed by atoms with Crippen LogP contribution in [0.5, 0.6) is 0 Å². The lowest BCUT2D eigenvalue weighted by Gasteiger charge is -2.34. The maximum atomic E-state index is 9.21. The molecule has 0 aromatic rings. The van der Waals surface area contributed by atoms with Crippen molar-refractivity contribution in [2.24, 2.45) is 11.7 Å². The van der Waals surface area contributed by atoms with Gasteiger partial charge < -0.3 is 15.6 Å². The number of fused-ring (bicyclic) bond motifs is 1. The third-order valence-electron chi connectivity index (χ3n) is 2.61. The minimum atomic E-state index is -0.110. The fraction of sp³-hybridized carbons (Fsp3) is 1.00. The van der Waals surface area contributed by atoms with E-state index in [0.717, 1.165) is 12.8 Å². The minimum absolute atomic E-state index is 0. The van der Waals surface area contributed by atoms with Crippen LogP contribution in [-0.2, 0) is 4.74 Å². The molecule has 2 fully saturated rings. The van der Waals surface area contributed by atoms with Gasteiger partial charge in [0.2, 0.25) is 0 Å². The Balaban J connectivity index is 0.000000605. The first kappa shape index (κ1) is 9.26. The number of ether oxygens (including phenoxy) is 1. The Morgan fingerprint density at radius 3 is 2.64 bits per heavy atom. The van der Waals surface area contributed by atoms with Gasteiger partial charge in [0.25, 0.3) is 0 Å². The summed E-state index contributed by atoms with van der Waals surface area (Å²) in [5.41, 5.74) is 5.42. The van der Waals surface area contributed by atoms with E-state index in [1.54, 1.807) is 0 Å². The molecule has 1 saturated heterocycles. The number of rotatable bonds is 1. The highest BCUT2D eigenvalue weighted by molar-refractivity contribution is 5.85. The van der Waals surface area contributed by atoms with Crippen molar-refractivity contribution in [2.45, 2.75) is 31.2 Å². The molecule has 1 aliphatic carbocycles. The molecule has 2 aliphatic rings. The lowest BCUT2D eigenvalue weighted by atomic mass is 9.78. The van der Waals surface area contributed by atoms with E-state index in [9.17, 15) is 5.11 Å². The molecule has 1 saturated carbocycles. The Bertz CT molecular complexity index is 144. The third-order valence-corrected chi connectivity index (χ3v) is 2.61. The number of nitrogens with two attached hydrogens (primary N) is 1. The second-order valence-corrected chi connectivity index (χ2v) is 3.23. The quantitative estimate of drug-likeness (QED) is 0.592. The van der Waals surface area contributed by atoms with Crippen molar-refractivity contribution in [1.29, 1.82) is 0 Å². The smallest absolute Gasteiger partial charge is 0.0705 e. The maximum absolute atomic E-state index is 9.21. The maximum Gasteiger partial charge on any atom is 0.0705 e. The van der Waals surface area contributed by atoms with Crippen LogP contribution in [-0.4, -0.2) is 30.0 Å². The van der Waals surface area contributed by atoms with Gasteiger partial charge in [0.05, 0.1) is 18.3 Å². The molecule has 4 heteroatoms. The summed E-state index contributed by atoms with van der Waals surface area (Å²) in [5, 5.41) is 9.21. The molecule has 0 radical (unpaired) electrons. The first-order valence-electron chi connectivity index (χ1n) is 3.85. The molecule has 3 N–H and O–H groups in total. The van der Waals surface area contributed by atoms with Crippen LogP contribution in [0.3, 0.4) is 0 Å². The fourth-order valence-corrected chi connectivity index (χ4v) is 1.86. The van der Waals surface area contributed by atoms with Crippen LogP contribution in [0.2, 0.25) is 0 Å². The van der Waals surface area contributed by atoms with Gasteiger partial charge >= 0.3 is 0 Å². The van der Waals surface area contributed by atoms with Gasteiger partial charge in [-0.1, -0.05) is 0 Å². The highest BCUT2D eigenvalue weighted by Gasteiger charge is 2.47. The van der Waals surface area contributed by atoms with Crippen molar-refractivity contribution in [2.75, 3.05) is 6.54 Å². The minimum Gasteiger partial charge on any atom is -0.393 e. The van der Waals surface area contributed by atoms with Crippen molar-refractivity contribution in [3.05, 3.63) is 0 Å². The van der Waals surface area contributed by atoms with Crippen molar-refractivity contribution >= 4 is 12.4 Å². The first-order chi connectivity index (χ1) is 4.81. The summed E-state index contributed by atoms with van der Waals surface area (Å²) in [6, 6.07) is 0. The second kappa shape index (κ2) is 3.27. The molecule has 11 heavy (non-hydrogen) atoms. The fourth-order valence-electron chi connectivity index (χ4n) is 1.86. The van der Waals surface area contributed by atoms with Gasteiger partial charge in [-0.2, -0.15) is 0 Å². The van der Waals surface area contributed by atoms with Gasteiger partial charge in [-0.15, -0.1) is 12.4 Å². The van der Waals surface area contributed by atoms with E-state index >= 15 is 0 Å². The molecular formula is C7H14ClNO2. The highest BCUT2D eigenvalue weighted by Crippen LogP contribution is 2.41. The molecule has 66 valence electrons. The summed E-state index contributed by atoms with van der Waals surface area (Å²) in [4.78, 5) is 0. The van der Waals surface area contributed by atoms with E-state index in [1.165, 1.54) is 0 Å². The zero-order valence-corrected chi connectivity index (χ0v) is 7.09. The molecule has 4 atom stereocenters. The molecule has 2 rings (SSSR count). The third kappa shape index (κ3) is 1.38. The average molecular weight is 180 g/mol. The number of hydrogen-bond donors (Lipinski definition) is 2. The van der Waals surface area contributed by atoms with Crippen molar-refractivity contribution in [3.63, 3.8) is 0 Å². The van der Waals surface area contributed by atoms with Crippen molar-refractivity contribution in [3.8, 4) is 0 Å². The Morgan fingerprint density at radius 1 is 1.45 bits per heavy atom. The predicted octanol–water partition coefficient (Wildman–Crippen LogP) is -0.0948. The summed E-state index contributed by atoms with van der Waals surface area (Å²) in [7, 11) is 0. The second-order valence-electron chi connectivity index (χ2n) is 3.23. The Hall–Kier alpha value is 0.170. The molecule has 4 unspecified atom stereocenters. The van der Waals surface area contributed by atoms with Crippen LogP contribution >= 0.6 is 12.4 Å². The highest BCUT2D eigenvalue weighted by atomic mass is 35.5. The van der Waals surface area contributed by atoms with Gasteiger partial charge in [0.15, 0.2) is 0 Å². The summed E-state index contributed by atoms with van der Waals surface area (Å²) in [6.45, 7) is 0.597. The lowest BCUT2D eigenvalue weighted by molar-refractivity contribution is -0.0796. The van der Waals surface area contributed by atoms with Crippen LogP contribution < -0.4 is 5.73 Å². The summed E-state index contributed by atoms with van der Waals surface area (Å²) < 4.78 is 5.49. The van der Waals surface area contributed by atoms with Gasteiger partial charge in [-0.05, 0) is 6.42 Å². The Kier molecular flexibility index (Phi) is 2.75. The van der Waals surface area contributed by atoms with Gasteiger partial charge in [-0.3, -0.25) is 0 Å². The van der Waals surface area contributed by atoms with E-state index in [0.29, 0.717) is 18.6 Å². The lowest BCUT2D eigenvalue weighted by Crippen LogP contribution is -2.42. The van der Waals surface area contributed by atoms with Crippen LogP contribution in [0.15, 0.2) is 0 Å². The van der Waals surface area contributed by atoms with E-state index < -0.39 is 0 Å². The standard InChI is InChI=1S/C7H13NO2.ClH/c8-3-4-1-5-6(9)2-7(5)10-4;/h4-7,9H,1-3,8H2;1H. The normalized spacial score (nSPS) is 47.5. The van der Waals surface area contributed by atoms with Crippen LogP contribution in [0.25, 0.3) is 0 Å². The molecule has 0 bridgehead atoms. The summed E-state index contributed by atoms with van der Waals surface area (Å²) >= 11 is 0. The first-order valence-corrected chi connectivity index (χ1v) is 3.85. The monoisotopic (exact) mass is 179 g/mol. The Labute approximate surface area is 72.3 Å². The van der Waals surface area contributed by atoms with Crippen molar-refractivity contribution < 1.29 is 9.84 Å². The van der Waals surface area contributed by atoms with E-state index in [2.05, 4.69) is 0 Å². The molecule has 0 spiro atoms. The average Bonchev–Trinajstić information content (AvgIpc) is 2.26. The molecule has 1 aliphatic heterocycles. The topological polar surface area (TPSA) is 55.5 Å². The SMILES string of the molecule is Cl.NCC1CC2C(O)CC2O1. The number of aliphatic hydroxyl groups excluding tert-OH is 1. The summed E-state index contributed by atoms with van der Waals surface area (Å²) in [6.07, 6.45) is 2.21. The van der Waals surface area contributed by atoms with Gasteiger partial charge in [0, 0.05) is 18.9 Å². The molecule has 0 aromatic carbocycles. The molecule has 0 amide bonds. The zero-order chi connectivity index (χ0) is 7.14. The molecule has 0 aromatic heterocycles. The van der Waals surface area contributed by atoms with Crippen LogP contribution in [0, 0.1) is 5.92 Å². The van der Waals surface area contributed by atoms with Gasteiger partial charge in [0.1, 0.15) is 0 Å².